The van der Waals surface area contributed by atoms with Crippen LogP contribution in [-0.2, 0) is 11.3 Å². The quantitative estimate of drug-likeness (QED) is 0.882. The lowest BCUT2D eigenvalue weighted by Gasteiger charge is -2.38. The average molecular weight is 331 g/mol. The van der Waals surface area contributed by atoms with E-state index in [1.165, 1.54) is 0 Å². The number of nitrogens with two attached hydrogens (primary N) is 1. The van der Waals surface area contributed by atoms with Crippen LogP contribution >= 0.6 is 11.3 Å². The number of likely N-dealkylation sites (tertiary alicyclic amines) is 1. The van der Waals surface area contributed by atoms with Gasteiger partial charge in [0.25, 0.3) is 0 Å². The molecular weight excluding hydrogens is 310 g/mol. The second kappa shape index (κ2) is 7.57. The van der Waals surface area contributed by atoms with Gasteiger partial charge in [0.1, 0.15) is 11.9 Å². The van der Waals surface area contributed by atoms with Crippen molar-refractivity contribution in [3.05, 3.63) is 46.9 Å². The van der Waals surface area contributed by atoms with E-state index < -0.39 is 0 Å². The summed E-state index contributed by atoms with van der Waals surface area (Å²) < 4.78 is 6.10. The maximum atomic E-state index is 11.4. The number of ether oxygens (including phenoxy) is 1. The van der Waals surface area contributed by atoms with Crippen LogP contribution in [0.1, 0.15) is 18.5 Å². The maximum Gasteiger partial charge on any atom is 0.217 e. The van der Waals surface area contributed by atoms with E-state index in [9.17, 15) is 4.79 Å². The number of thiazole rings is 1. The zero-order valence-corrected chi connectivity index (χ0v) is 13.7. The average Bonchev–Trinajstić information content (AvgIpc) is 3.03. The van der Waals surface area contributed by atoms with Gasteiger partial charge in [0.15, 0.2) is 0 Å². The highest BCUT2D eigenvalue weighted by Crippen LogP contribution is 2.26. The third-order valence-electron chi connectivity index (χ3n) is 4.11. The van der Waals surface area contributed by atoms with Crippen LogP contribution in [0, 0.1) is 5.92 Å². The second-order valence-electron chi connectivity index (χ2n) is 5.90. The summed E-state index contributed by atoms with van der Waals surface area (Å²) in [5.41, 5.74) is 8.36. The number of nitrogens with zero attached hydrogens (tertiary/aromatic N) is 2. The zero-order chi connectivity index (χ0) is 16.1. The molecule has 122 valence electrons. The van der Waals surface area contributed by atoms with E-state index in [0.717, 1.165) is 37.5 Å². The van der Waals surface area contributed by atoms with Gasteiger partial charge in [0, 0.05) is 37.4 Å². The van der Waals surface area contributed by atoms with Gasteiger partial charge in [0.05, 0.1) is 11.2 Å². The number of carbonyl (C=O) groups excluding carboxylic acids is 1. The monoisotopic (exact) mass is 331 g/mol. The highest BCUT2D eigenvalue weighted by Gasteiger charge is 2.32. The molecule has 2 aromatic rings. The normalized spacial score (nSPS) is 21.9. The number of rotatable bonds is 6. The number of primary amides is 1. The van der Waals surface area contributed by atoms with E-state index in [4.69, 9.17) is 10.5 Å². The maximum absolute atomic E-state index is 11.4. The van der Waals surface area contributed by atoms with Crippen molar-refractivity contribution >= 4 is 17.2 Å². The molecule has 0 aliphatic carbocycles. The third kappa shape index (κ3) is 4.53. The van der Waals surface area contributed by atoms with Crippen molar-refractivity contribution < 1.29 is 9.53 Å². The Morgan fingerprint density at radius 1 is 1.39 bits per heavy atom. The van der Waals surface area contributed by atoms with Crippen LogP contribution in [0.3, 0.4) is 0 Å². The smallest absolute Gasteiger partial charge is 0.217 e. The van der Waals surface area contributed by atoms with Gasteiger partial charge in [-0.1, -0.05) is 18.2 Å². The molecule has 0 saturated carbocycles. The summed E-state index contributed by atoms with van der Waals surface area (Å²) in [7, 11) is 0. The molecule has 3 rings (SSSR count). The minimum atomic E-state index is -0.271. The van der Waals surface area contributed by atoms with Gasteiger partial charge in [-0.15, -0.1) is 11.3 Å². The first kappa shape index (κ1) is 16.0. The molecule has 0 unspecified atom stereocenters. The fourth-order valence-corrected chi connectivity index (χ4v) is 3.61. The lowest BCUT2D eigenvalue weighted by atomic mass is 9.91. The van der Waals surface area contributed by atoms with Crippen LogP contribution < -0.4 is 10.5 Å². The number of carbonyl (C=O) groups is 1. The summed E-state index contributed by atoms with van der Waals surface area (Å²) in [5.74, 6) is 0.687. The Bertz CT molecular complexity index is 618. The summed E-state index contributed by atoms with van der Waals surface area (Å²) >= 11 is 1.61. The summed E-state index contributed by atoms with van der Waals surface area (Å²) in [4.78, 5) is 18.1. The Morgan fingerprint density at radius 2 is 2.22 bits per heavy atom. The van der Waals surface area contributed by atoms with E-state index in [2.05, 4.69) is 15.3 Å². The number of hydrogen-bond acceptors (Lipinski definition) is 5. The number of piperidine rings is 1. The van der Waals surface area contributed by atoms with Crippen molar-refractivity contribution in [1.29, 1.82) is 0 Å². The summed E-state index contributed by atoms with van der Waals surface area (Å²) in [6, 6.07) is 9.77. The molecule has 1 aliphatic rings. The Morgan fingerprint density at radius 3 is 2.91 bits per heavy atom. The zero-order valence-electron chi connectivity index (χ0n) is 12.9. The van der Waals surface area contributed by atoms with Crippen molar-refractivity contribution in [3.63, 3.8) is 0 Å². The number of benzene rings is 1. The standard InChI is InChI=1S/C17H21N3O2S/c18-17(21)8-13-9-20(10-14-11-23-12-19-14)7-6-16(13)22-15-4-2-1-3-5-15/h1-5,11-13,16H,6-10H2,(H2,18,21)/t13-,16-/m1/s1. The molecule has 6 heteroatoms. The highest BCUT2D eigenvalue weighted by atomic mass is 32.1. The molecule has 1 aromatic carbocycles. The molecule has 1 saturated heterocycles. The van der Waals surface area contributed by atoms with Crippen LogP contribution in [0.15, 0.2) is 41.2 Å². The molecular formula is C17H21N3O2S. The van der Waals surface area contributed by atoms with E-state index in [1.54, 1.807) is 11.3 Å². The molecule has 2 heterocycles. The molecule has 0 bridgehead atoms. The summed E-state index contributed by atoms with van der Waals surface area (Å²) in [5, 5.41) is 2.07. The molecule has 5 nitrogen and oxygen atoms in total. The number of aromatic nitrogens is 1. The lowest BCUT2D eigenvalue weighted by molar-refractivity contribution is -0.120. The van der Waals surface area contributed by atoms with E-state index in [0.29, 0.717) is 6.42 Å². The van der Waals surface area contributed by atoms with Crippen LogP contribution in [0.2, 0.25) is 0 Å². The molecule has 0 spiro atoms. The van der Waals surface area contributed by atoms with Gasteiger partial charge in [-0.2, -0.15) is 0 Å². The van der Waals surface area contributed by atoms with Crippen molar-refractivity contribution in [2.75, 3.05) is 13.1 Å². The number of hydrogen-bond donors (Lipinski definition) is 1. The SMILES string of the molecule is NC(=O)C[C@@H]1CN(Cc2cscn2)CC[C@H]1Oc1ccccc1. The first-order chi connectivity index (χ1) is 11.2. The van der Waals surface area contributed by atoms with E-state index in [1.807, 2.05) is 35.8 Å². The summed E-state index contributed by atoms with van der Waals surface area (Å²) in [6.45, 7) is 2.55. The van der Waals surface area contributed by atoms with E-state index in [-0.39, 0.29) is 17.9 Å². The Hall–Kier alpha value is -1.92. The largest absolute Gasteiger partial charge is 0.490 e. The van der Waals surface area contributed by atoms with Crippen molar-refractivity contribution in [3.8, 4) is 5.75 Å². The van der Waals surface area contributed by atoms with Gasteiger partial charge in [-0.3, -0.25) is 9.69 Å². The van der Waals surface area contributed by atoms with Crippen molar-refractivity contribution in [2.45, 2.75) is 25.5 Å². The van der Waals surface area contributed by atoms with E-state index >= 15 is 0 Å². The summed E-state index contributed by atoms with van der Waals surface area (Å²) in [6.07, 6.45) is 1.26. The molecule has 1 amide bonds. The molecule has 1 aliphatic heterocycles. The van der Waals surface area contributed by atoms with Gasteiger partial charge in [-0.05, 0) is 18.6 Å². The van der Waals surface area contributed by atoms with Crippen LogP contribution in [0.4, 0.5) is 0 Å². The van der Waals surface area contributed by atoms with Gasteiger partial charge in [-0.25, -0.2) is 4.98 Å². The molecule has 23 heavy (non-hydrogen) atoms. The van der Waals surface area contributed by atoms with Crippen LogP contribution in [0.5, 0.6) is 5.75 Å². The van der Waals surface area contributed by atoms with Gasteiger partial charge < -0.3 is 10.5 Å². The predicted molar refractivity (Wildman–Crippen MR) is 90.2 cm³/mol. The Balaban J connectivity index is 1.64. The third-order valence-corrected chi connectivity index (χ3v) is 4.75. The second-order valence-corrected chi connectivity index (χ2v) is 6.62. The van der Waals surface area contributed by atoms with Crippen molar-refractivity contribution in [2.24, 2.45) is 11.7 Å². The van der Waals surface area contributed by atoms with Crippen LogP contribution in [-0.4, -0.2) is 35.0 Å². The molecule has 1 fully saturated rings. The first-order valence-electron chi connectivity index (χ1n) is 7.80. The molecule has 1 aromatic heterocycles. The van der Waals surface area contributed by atoms with Crippen LogP contribution in [0.25, 0.3) is 0 Å². The molecule has 2 atom stereocenters. The van der Waals surface area contributed by atoms with Gasteiger partial charge in [0.2, 0.25) is 5.91 Å². The number of para-hydroxylation sites is 1. The van der Waals surface area contributed by atoms with Crippen molar-refractivity contribution in [1.82, 2.24) is 9.88 Å². The Labute approximate surface area is 140 Å². The first-order valence-corrected chi connectivity index (χ1v) is 8.74. The fourth-order valence-electron chi connectivity index (χ4n) is 3.06. The fraction of sp³-hybridized carbons (Fsp3) is 0.412. The molecule has 0 radical (unpaired) electrons. The molecule has 2 N–H and O–H groups in total. The highest BCUT2D eigenvalue weighted by molar-refractivity contribution is 7.07. The topological polar surface area (TPSA) is 68.5 Å². The Kier molecular flexibility index (Phi) is 5.25. The minimum Gasteiger partial charge on any atom is -0.490 e. The predicted octanol–water partition coefficient (Wildman–Crippen LogP) is 2.29. The number of amides is 1. The van der Waals surface area contributed by atoms with Gasteiger partial charge >= 0.3 is 0 Å². The lowest BCUT2D eigenvalue weighted by Crippen LogP contribution is -2.46. The minimum absolute atomic E-state index is 0.0246.